The number of hydrogen-bond donors (Lipinski definition) is 0. The van der Waals surface area contributed by atoms with Crippen LogP contribution in [-0.4, -0.2) is 9.97 Å². The minimum atomic E-state index is 0. The van der Waals surface area contributed by atoms with Crippen molar-refractivity contribution in [1.29, 1.82) is 10.5 Å². The maximum Gasteiger partial charge on any atom is 0.0160 e. The predicted octanol–water partition coefficient (Wildman–Crippen LogP) is 5.29. The number of benzene rings is 2. The summed E-state index contributed by atoms with van der Waals surface area (Å²) in [6, 6.07) is 33.6. The maximum atomic E-state index is 6.25. The SMILES string of the molecule is [C-]#N.[C-]#N.[Ir].[c-]1ccccc1-c1ccccn1.[c-]1ccccc1-c1ccccn1. The van der Waals surface area contributed by atoms with Crippen LogP contribution in [-0.2, 0) is 20.1 Å². The summed E-state index contributed by atoms with van der Waals surface area (Å²) in [5, 5.41) is 12.5. The van der Waals surface area contributed by atoms with Crippen LogP contribution in [0.15, 0.2) is 97.3 Å². The first-order valence-electron chi connectivity index (χ1n) is 8.14. The fourth-order valence-corrected chi connectivity index (χ4v) is 2.15. The Balaban J connectivity index is 0.000000449. The van der Waals surface area contributed by atoms with Crippen molar-refractivity contribution in [1.82, 2.24) is 9.97 Å². The van der Waals surface area contributed by atoms with Gasteiger partial charge in [-0.05, 0) is 23.5 Å². The minimum Gasteiger partial charge on any atom is -0.512 e. The molecule has 0 saturated heterocycles. The Kier molecular flexibility index (Phi) is 14.5. The molecular weight excluding hydrogens is 537 g/mol. The molecule has 4 rings (SSSR count). The van der Waals surface area contributed by atoms with Gasteiger partial charge in [0.2, 0.25) is 0 Å². The molecule has 0 fully saturated rings. The summed E-state index contributed by atoms with van der Waals surface area (Å²) in [7, 11) is 0. The van der Waals surface area contributed by atoms with Crippen LogP contribution >= 0.6 is 0 Å². The van der Waals surface area contributed by atoms with E-state index in [1.165, 1.54) is 0 Å². The molecule has 1 radical (unpaired) electrons. The van der Waals surface area contributed by atoms with Crippen LogP contribution in [0, 0.1) is 35.8 Å². The zero-order valence-corrected chi connectivity index (χ0v) is 17.8. The van der Waals surface area contributed by atoms with Crippen molar-refractivity contribution < 1.29 is 20.1 Å². The van der Waals surface area contributed by atoms with E-state index in [4.69, 9.17) is 23.7 Å². The molecule has 2 aromatic heterocycles. The van der Waals surface area contributed by atoms with Gasteiger partial charge in [0, 0.05) is 32.5 Å². The molecule has 0 unspecified atom stereocenters. The van der Waals surface area contributed by atoms with Crippen LogP contribution in [0.5, 0.6) is 0 Å². The second-order valence-electron chi connectivity index (χ2n) is 4.98. The van der Waals surface area contributed by atoms with Crippen molar-refractivity contribution in [3.63, 3.8) is 0 Å². The van der Waals surface area contributed by atoms with Crippen LogP contribution in [0.3, 0.4) is 0 Å². The topological polar surface area (TPSA) is 73.4 Å². The van der Waals surface area contributed by atoms with E-state index in [0.29, 0.717) is 0 Å². The normalized spacial score (nSPS) is 8.14. The monoisotopic (exact) mass is 553 g/mol. The second-order valence-corrected chi connectivity index (χ2v) is 4.98. The molecule has 0 aliphatic carbocycles. The summed E-state index contributed by atoms with van der Waals surface area (Å²) in [4.78, 5) is 8.44. The van der Waals surface area contributed by atoms with Crippen molar-refractivity contribution >= 4 is 0 Å². The van der Waals surface area contributed by atoms with E-state index in [1.807, 2.05) is 84.9 Å². The van der Waals surface area contributed by atoms with E-state index in [0.717, 1.165) is 22.5 Å². The number of pyridine rings is 2. The molecule has 0 N–H and O–H groups in total. The predicted molar refractivity (Wildman–Crippen MR) is 107 cm³/mol. The van der Waals surface area contributed by atoms with Gasteiger partial charge in [0.1, 0.15) is 0 Å². The van der Waals surface area contributed by atoms with Crippen LogP contribution in [0.2, 0.25) is 0 Å². The molecule has 29 heavy (non-hydrogen) atoms. The standard InChI is InChI=1S/2C11H8N.2CN.Ir/c2*1-2-6-10(7-3-1)11-8-4-5-9-12-11;2*1-2;/h2*1-6,8-9H;;;/q4*-1;. The molecule has 0 aliphatic rings. The average Bonchev–Trinajstić information content (AvgIpc) is 2.84. The second kappa shape index (κ2) is 16.5. The van der Waals surface area contributed by atoms with E-state index in [1.54, 1.807) is 12.4 Å². The summed E-state index contributed by atoms with van der Waals surface area (Å²) < 4.78 is 0. The first-order chi connectivity index (χ1) is 13.9. The Morgan fingerprint density at radius 1 is 0.552 bits per heavy atom. The number of hydrogen-bond acceptors (Lipinski definition) is 4. The van der Waals surface area contributed by atoms with Crippen LogP contribution in [0.4, 0.5) is 0 Å². The van der Waals surface area contributed by atoms with Crippen LogP contribution < -0.4 is 0 Å². The van der Waals surface area contributed by atoms with Crippen molar-refractivity contribution in [2.24, 2.45) is 0 Å². The molecule has 4 nitrogen and oxygen atoms in total. The molecule has 0 atom stereocenters. The third-order valence-corrected chi connectivity index (χ3v) is 3.30. The van der Waals surface area contributed by atoms with Gasteiger partial charge in [-0.15, -0.1) is 71.8 Å². The first-order valence-corrected chi connectivity index (χ1v) is 8.14. The summed E-state index contributed by atoms with van der Waals surface area (Å²) in [6.45, 7) is 9.50. The number of rotatable bonds is 2. The molecule has 5 heteroatoms. The molecule has 0 bridgehead atoms. The van der Waals surface area contributed by atoms with E-state index < -0.39 is 0 Å². The molecular formula is C24H16IrN4-4. The summed E-state index contributed by atoms with van der Waals surface area (Å²) in [5.41, 5.74) is 4.02. The molecule has 0 aliphatic heterocycles. The van der Waals surface area contributed by atoms with Crippen molar-refractivity contribution in [3.8, 4) is 22.5 Å². The van der Waals surface area contributed by atoms with Gasteiger partial charge in [-0.1, -0.05) is 24.3 Å². The molecule has 2 aromatic carbocycles. The average molecular weight is 553 g/mol. The van der Waals surface area contributed by atoms with Gasteiger partial charge in [0.15, 0.2) is 0 Å². The smallest absolute Gasteiger partial charge is 0.0160 e. The fraction of sp³-hybridized carbons (Fsp3) is 0. The molecule has 0 spiro atoms. The van der Waals surface area contributed by atoms with Gasteiger partial charge < -0.3 is 33.6 Å². The van der Waals surface area contributed by atoms with Crippen molar-refractivity contribution in [2.75, 3.05) is 0 Å². The minimum absolute atomic E-state index is 0. The third-order valence-electron chi connectivity index (χ3n) is 3.30. The number of aromatic nitrogens is 2. The van der Waals surface area contributed by atoms with Gasteiger partial charge in [0.25, 0.3) is 0 Å². The van der Waals surface area contributed by atoms with E-state index in [9.17, 15) is 0 Å². The van der Waals surface area contributed by atoms with Gasteiger partial charge in [-0.3, -0.25) is 0 Å². The largest absolute Gasteiger partial charge is 0.512 e. The van der Waals surface area contributed by atoms with E-state index in [2.05, 4.69) is 22.1 Å². The van der Waals surface area contributed by atoms with Gasteiger partial charge in [-0.25, -0.2) is 0 Å². The Labute approximate surface area is 185 Å². The molecule has 145 valence electrons. The van der Waals surface area contributed by atoms with Crippen molar-refractivity contribution in [2.45, 2.75) is 0 Å². The van der Waals surface area contributed by atoms with E-state index in [-0.39, 0.29) is 20.1 Å². The quantitative estimate of drug-likeness (QED) is 0.317. The Bertz CT molecular complexity index is 770. The third kappa shape index (κ3) is 9.22. The van der Waals surface area contributed by atoms with Crippen LogP contribution in [0.1, 0.15) is 0 Å². The molecule has 2 heterocycles. The van der Waals surface area contributed by atoms with Crippen molar-refractivity contribution in [3.05, 3.63) is 123 Å². The zero-order chi connectivity index (χ0) is 20.5. The van der Waals surface area contributed by atoms with Gasteiger partial charge in [-0.2, -0.15) is 0 Å². The summed E-state index contributed by atoms with van der Waals surface area (Å²) in [6.07, 6.45) is 3.58. The fourth-order valence-electron chi connectivity index (χ4n) is 2.15. The van der Waals surface area contributed by atoms with Gasteiger partial charge in [0.05, 0.1) is 0 Å². The first kappa shape index (κ1) is 25.4. The van der Waals surface area contributed by atoms with Crippen LogP contribution in [0.25, 0.3) is 22.5 Å². The summed E-state index contributed by atoms with van der Waals surface area (Å²) in [5.74, 6) is 0. The maximum absolute atomic E-state index is 6.25. The zero-order valence-electron chi connectivity index (χ0n) is 15.4. The number of nitrogens with zero attached hydrogens (tertiary/aromatic N) is 4. The Morgan fingerprint density at radius 2 is 0.931 bits per heavy atom. The van der Waals surface area contributed by atoms with E-state index >= 15 is 0 Å². The van der Waals surface area contributed by atoms with Gasteiger partial charge >= 0.3 is 0 Å². The molecule has 0 amide bonds. The summed E-state index contributed by atoms with van der Waals surface area (Å²) >= 11 is 0. The molecule has 0 saturated carbocycles. The Morgan fingerprint density at radius 3 is 1.21 bits per heavy atom. The molecule has 4 aromatic rings. The Hall–Kier alpha value is -3.63.